The Hall–Kier alpha value is -1.20. The topological polar surface area (TPSA) is 30.0 Å². The molecule has 0 saturated carbocycles. The normalized spacial score (nSPS) is 10.4. The number of halogens is 1. The fraction of sp³-hybridized carbons (Fsp3) is 0.0909. The molecule has 0 saturated heterocycles. The summed E-state index contributed by atoms with van der Waals surface area (Å²) in [5.74, 6) is -0.307. The van der Waals surface area contributed by atoms with Gasteiger partial charge in [0, 0.05) is 10.3 Å². The highest BCUT2D eigenvalue weighted by molar-refractivity contribution is 7.98. The number of hydrogen-bond acceptors (Lipinski definition) is 4. The number of thiazole rings is 1. The van der Waals surface area contributed by atoms with Crippen LogP contribution >= 0.6 is 23.1 Å². The largest absolute Gasteiger partial charge is 0.296 e. The van der Waals surface area contributed by atoms with Gasteiger partial charge in [0.2, 0.25) is 0 Å². The second kappa shape index (κ2) is 4.76. The van der Waals surface area contributed by atoms with Crippen LogP contribution in [0.5, 0.6) is 0 Å². The molecule has 0 atom stereocenters. The van der Waals surface area contributed by atoms with E-state index in [-0.39, 0.29) is 5.82 Å². The number of carbonyl (C=O) groups excluding carboxylic acids is 1. The quantitative estimate of drug-likeness (QED) is 0.619. The van der Waals surface area contributed by atoms with Gasteiger partial charge in [-0.25, -0.2) is 9.37 Å². The first-order valence-corrected chi connectivity index (χ1v) is 6.60. The zero-order valence-electron chi connectivity index (χ0n) is 8.44. The summed E-state index contributed by atoms with van der Waals surface area (Å²) in [6.45, 7) is 0. The summed E-state index contributed by atoms with van der Waals surface area (Å²) in [6.07, 6.45) is 2.55. The van der Waals surface area contributed by atoms with E-state index < -0.39 is 0 Å². The highest BCUT2D eigenvalue weighted by Crippen LogP contribution is 2.34. The second-order valence-corrected chi connectivity index (χ2v) is 4.72. The molecule has 0 aliphatic carbocycles. The average Bonchev–Trinajstić information content (AvgIpc) is 2.76. The van der Waals surface area contributed by atoms with Gasteiger partial charge in [0.1, 0.15) is 16.5 Å². The Morgan fingerprint density at radius 3 is 2.94 bits per heavy atom. The summed E-state index contributed by atoms with van der Waals surface area (Å²) >= 11 is 2.73. The predicted octanol–water partition coefficient (Wildman–Crippen LogP) is 3.48. The lowest BCUT2D eigenvalue weighted by molar-refractivity contribution is 0.111. The number of hydrogen-bond donors (Lipinski definition) is 0. The van der Waals surface area contributed by atoms with E-state index in [1.807, 2.05) is 12.3 Å². The Morgan fingerprint density at radius 2 is 2.31 bits per heavy atom. The van der Waals surface area contributed by atoms with Gasteiger partial charge in [-0.2, -0.15) is 0 Å². The molecule has 0 spiro atoms. The fourth-order valence-corrected chi connectivity index (χ4v) is 2.84. The predicted molar refractivity (Wildman–Crippen MR) is 64.7 cm³/mol. The van der Waals surface area contributed by atoms with Crippen molar-refractivity contribution in [2.24, 2.45) is 0 Å². The minimum absolute atomic E-state index is 0.307. The van der Waals surface area contributed by atoms with Crippen molar-refractivity contribution >= 4 is 29.4 Å². The molecule has 0 bridgehead atoms. The lowest BCUT2D eigenvalue weighted by atomic mass is 10.2. The molecule has 0 aliphatic heterocycles. The summed E-state index contributed by atoms with van der Waals surface area (Å²) in [6, 6.07) is 4.90. The molecule has 1 heterocycles. The summed E-state index contributed by atoms with van der Waals surface area (Å²) < 4.78 is 13.7. The third-order valence-electron chi connectivity index (χ3n) is 2.05. The average molecular weight is 253 g/mol. The first-order chi connectivity index (χ1) is 7.76. The van der Waals surface area contributed by atoms with E-state index in [0.29, 0.717) is 22.6 Å². The number of rotatable bonds is 3. The van der Waals surface area contributed by atoms with Crippen molar-refractivity contribution in [3.63, 3.8) is 0 Å². The van der Waals surface area contributed by atoms with Crippen molar-refractivity contribution < 1.29 is 9.18 Å². The van der Waals surface area contributed by atoms with E-state index in [0.717, 1.165) is 4.90 Å². The molecule has 1 aromatic heterocycles. The van der Waals surface area contributed by atoms with Gasteiger partial charge in [0.05, 0.1) is 5.56 Å². The van der Waals surface area contributed by atoms with Crippen LogP contribution in [-0.4, -0.2) is 17.5 Å². The van der Waals surface area contributed by atoms with Gasteiger partial charge in [-0.15, -0.1) is 23.1 Å². The zero-order valence-corrected chi connectivity index (χ0v) is 10.1. The first kappa shape index (κ1) is 11.3. The maximum Gasteiger partial charge on any atom is 0.169 e. The molecule has 0 unspecified atom stereocenters. The molecule has 0 aliphatic rings. The van der Waals surface area contributed by atoms with Gasteiger partial charge in [-0.05, 0) is 18.4 Å². The van der Waals surface area contributed by atoms with Crippen molar-refractivity contribution in [2.75, 3.05) is 6.26 Å². The lowest BCUT2D eigenvalue weighted by Gasteiger charge is -2.04. The van der Waals surface area contributed by atoms with E-state index in [4.69, 9.17) is 0 Å². The summed E-state index contributed by atoms with van der Waals surface area (Å²) in [4.78, 5) is 15.4. The van der Waals surface area contributed by atoms with E-state index in [1.54, 1.807) is 11.4 Å². The monoisotopic (exact) mass is 253 g/mol. The van der Waals surface area contributed by atoms with Gasteiger partial charge in [-0.3, -0.25) is 4.79 Å². The van der Waals surface area contributed by atoms with E-state index >= 15 is 0 Å². The SMILES string of the molecule is CSc1cccc(F)c1-c1nc(C=O)cs1. The van der Waals surface area contributed by atoms with Crippen LogP contribution in [0.15, 0.2) is 28.5 Å². The molecular weight excluding hydrogens is 245 g/mol. The molecule has 0 radical (unpaired) electrons. The smallest absolute Gasteiger partial charge is 0.169 e. The van der Waals surface area contributed by atoms with Crippen molar-refractivity contribution in [1.29, 1.82) is 0 Å². The number of carbonyl (C=O) groups is 1. The van der Waals surface area contributed by atoms with Crippen LogP contribution in [-0.2, 0) is 0 Å². The first-order valence-electron chi connectivity index (χ1n) is 4.50. The minimum atomic E-state index is -0.307. The number of aldehydes is 1. The Bertz CT molecular complexity index is 524. The maximum atomic E-state index is 13.7. The molecule has 82 valence electrons. The van der Waals surface area contributed by atoms with Gasteiger partial charge in [0.25, 0.3) is 0 Å². The van der Waals surface area contributed by atoms with Crippen LogP contribution in [0.25, 0.3) is 10.6 Å². The second-order valence-electron chi connectivity index (χ2n) is 3.01. The van der Waals surface area contributed by atoms with Crippen LogP contribution in [0.4, 0.5) is 4.39 Å². The van der Waals surface area contributed by atoms with Crippen LogP contribution < -0.4 is 0 Å². The number of nitrogens with zero attached hydrogens (tertiary/aromatic N) is 1. The molecule has 0 fully saturated rings. The minimum Gasteiger partial charge on any atom is -0.296 e. The standard InChI is InChI=1S/C11H8FNOS2/c1-15-9-4-2-3-8(12)10(9)11-13-7(5-14)6-16-11/h2-6H,1H3. The molecule has 0 N–H and O–H groups in total. The molecule has 16 heavy (non-hydrogen) atoms. The maximum absolute atomic E-state index is 13.7. The van der Waals surface area contributed by atoms with E-state index in [2.05, 4.69) is 4.98 Å². The van der Waals surface area contributed by atoms with Crippen LogP contribution in [0.3, 0.4) is 0 Å². The van der Waals surface area contributed by atoms with Gasteiger partial charge < -0.3 is 0 Å². The molecule has 2 rings (SSSR count). The third kappa shape index (κ3) is 2.01. The van der Waals surface area contributed by atoms with Crippen molar-refractivity contribution in [3.05, 3.63) is 35.1 Å². The summed E-state index contributed by atoms with van der Waals surface area (Å²) in [7, 11) is 0. The number of aromatic nitrogens is 1. The Kier molecular flexibility index (Phi) is 3.36. The van der Waals surface area contributed by atoms with E-state index in [1.165, 1.54) is 29.2 Å². The molecular formula is C11H8FNOS2. The highest BCUT2D eigenvalue weighted by Gasteiger charge is 2.13. The number of benzene rings is 1. The van der Waals surface area contributed by atoms with Gasteiger partial charge >= 0.3 is 0 Å². The Labute approximate surface area is 101 Å². The molecule has 2 nitrogen and oxygen atoms in total. The van der Waals surface area contributed by atoms with Gasteiger partial charge in [0.15, 0.2) is 6.29 Å². The zero-order chi connectivity index (χ0) is 11.5. The van der Waals surface area contributed by atoms with Gasteiger partial charge in [-0.1, -0.05) is 6.07 Å². The molecule has 1 aromatic carbocycles. The van der Waals surface area contributed by atoms with Crippen LogP contribution in [0.1, 0.15) is 10.5 Å². The van der Waals surface area contributed by atoms with Crippen molar-refractivity contribution in [1.82, 2.24) is 4.98 Å². The Morgan fingerprint density at radius 1 is 1.50 bits per heavy atom. The molecule has 0 amide bonds. The fourth-order valence-electron chi connectivity index (χ4n) is 1.34. The summed E-state index contributed by atoms with van der Waals surface area (Å²) in [5, 5.41) is 2.17. The van der Waals surface area contributed by atoms with Crippen molar-refractivity contribution in [2.45, 2.75) is 4.90 Å². The van der Waals surface area contributed by atoms with E-state index in [9.17, 15) is 9.18 Å². The van der Waals surface area contributed by atoms with Crippen LogP contribution in [0.2, 0.25) is 0 Å². The number of thioether (sulfide) groups is 1. The lowest BCUT2D eigenvalue weighted by Crippen LogP contribution is -1.88. The Balaban J connectivity index is 2.57. The third-order valence-corrected chi connectivity index (χ3v) is 3.71. The molecule has 5 heteroatoms. The highest BCUT2D eigenvalue weighted by atomic mass is 32.2. The summed E-state index contributed by atoms with van der Waals surface area (Å²) in [5.41, 5.74) is 0.823. The van der Waals surface area contributed by atoms with Crippen LogP contribution in [0, 0.1) is 5.82 Å². The molecule has 2 aromatic rings. The van der Waals surface area contributed by atoms with Crippen molar-refractivity contribution in [3.8, 4) is 10.6 Å².